The first-order chi connectivity index (χ1) is 16.6. The monoisotopic (exact) mass is 509 g/mol. The summed E-state index contributed by atoms with van der Waals surface area (Å²) in [6.07, 6.45) is -2.04. The number of Topliss-reactive ketones (excluding diaryl/α,β-unsaturated/α-hetero) is 1. The quantitative estimate of drug-likeness (QED) is 0.414. The average molecular weight is 510 g/mol. The van der Waals surface area contributed by atoms with Crippen molar-refractivity contribution in [2.45, 2.75) is 56.9 Å². The number of carbonyl (C=O) groups is 1. The molecule has 1 aromatic carbocycles. The fourth-order valence-corrected chi connectivity index (χ4v) is 5.72. The van der Waals surface area contributed by atoms with Crippen LogP contribution in [0.5, 0.6) is 0 Å². The Balaban J connectivity index is 1.34. The Hall–Kier alpha value is -2.43. The molecule has 4 atom stereocenters. The Labute approximate surface area is 206 Å². The first-order valence-corrected chi connectivity index (χ1v) is 12.1. The van der Waals surface area contributed by atoms with Gasteiger partial charge in [-0.15, -0.1) is 0 Å². The van der Waals surface area contributed by atoms with E-state index in [4.69, 9.17) is 22.1 Å². The van der Waals surface area contributed by atoms with Gasteiger partial charge in [0.05, 0.1) is 30.5 Å². The number of anilines is 2. The van der Waals surface area contributed by atoms with Crippen molar-refractivity contribution in [1.29, 1.82) is 0 Å². The van der Waals surface area contributed by atoms with Gasteiger partial charge in [-0.05, 0) is 61.5 Å². The Morgan fingerprint density at radius 2 is 1.89 bits per heavy atom. The first-order valence-electron chi connectivity index (χ1n) is 11.7. The summed E-state index contributed by atoms with van der Waals surface area (Å²) in [6, 6.07) is 3.35. The zero-order valence-electron chi connectivity index (χ0n) is 19.2. The second kappa shape index (κ2) is 9.22. The number of morpholine rings is 1. The van der Waals surface area contributed by atoms with Crippen molar-refractivity contribution in [3.05, 3.63) is 45.9 Å². The lowest BCUT2D eigenvalue weighted by molar-refractivity contribution is -0.137. The van der Waals surface area contributed by atoms with Crippen LogP contribution in [0.2, 0.25) is 5.28 Å². The maximum Gasteiger partial charge on any atom is 0.416 e. The minimum Gasteiger partial charge on any atom is -0.399 e. The third-order valence-corrected chi connectivity index (χ3v) is 7.34. The van der Waals surface area contributed by atoms with E-state index in [2.05, 4.69) is 20.6 Å². The SMILES string of the molecule is C[C@@H](Nc1nc(Cl)nc2c1CC(C(=O)C1CC3COCC(C1)N3)C2)c1cc(N)cc(C(F)(F)F)c1. The van der Waals surface area contributed by atoms with Crippen LogP contribution in [0.25, 0.3) is 0 Å². The highest BCUT2D eigenvalue weighted by Gasteiger charge is 2.40. The molecule has 2 aromatic rings. The largest absolute Gasteiger partial charge is 0.416 e. The molecular formula is C24H27ClF3N5O2. The number of alkyl halides is 3. The molecule has 2 aliphatic heterocycles. The summed E-state index contributed by atoms with van der Waals surface area (Å²) in [5.74, 6) is 0.417. The van der Waals surface area contributed by atoms with Gasteiger partial charge >= 0.3 is 6.18 Å². The molecular weight excluding hydrogens is 483 g/mol. The van der Waals surface area contributed by atoms with E-state index in [0.29, 0.717) is 43.1 Å². The van der Waals surface area contributed by atoms with E-state index in [0.717, 1.165) is 30.5 Å². The summed E-state index contributed by atoms with van der Waals surface area (Å²) in [7, 11) is 0. The molecule has 188 valence electrons. The van der Waals surface area contributed by atoms with Gasteiger partial charge in [-0.25, -0.2) is 9.97 Å². The molecule has 4 N–H and O–H groups in total. The molecule has 2 saturated heterocycles. The molecule has 3 aliphatic rings. The highest BCUT2D eigenvalue weighted by atomic mass is 35.5. The van der Waals surface area contributed by atoms with Crippen molar-refractivity contribution >= 4 is 28.9 Å². The molecule has 0 spiro atoms. The molecule has 0 amide bonds. The summed E-state index contributed by atoms with van der Waals surface area (Å²) in [5, 5.41) is 6.72. The number of nitrogens with two attached hydrogens (primary N) is 1. The molecule has 3 heterocycles. The summed E-state index contributed by atoms with van der Waals surface area (Å²) < 4.78 is 45.4. The summed E-state index contributed by atoms with van der Waals surface area (Å²) in [6.45, 7) is 2.97. The number of ketones is 1. The van der Waals surface area contributed by atoms with E-state index < -0.39 is 17.8 Å². The molecule has 1 aliphatic carbocycles. The van der Waals surface area contributed by atoms with E-state index in [1.165, 1.54) is 6.07 Å². The number of fused-ring (bicyclic) bond motifs is 3. The average Bonchev–Trinajstić information content (AvgIpc) is 3.21. The van der Waals surface area contributed by atoms with Gasteiger partial charge in [0, 0.05) is 41.6 Å². The number of benzene rings is 1. The third kappa shape index (κ3) is 5.10. The van der Waals surface area contributed by atoms with Crippen LogP contribution in [0.1, 0.15) is 48.2 Å². The second-order valence-electron chi connectivity index (χ2n) is 9.79. The standard InChI is InChI=1S/C24H27ClF3N5O2/c1-11(12-2-15(24(26,27)28)8-16(29)3-12)30-22-19-6-14(7-20(19)32-23(25)33-22)21(34)13-4-17-9-35-10-18(5-13)31-17/h2-3,8,11,13-14,17-18,31H,4-7,9-10,29H2,1H3,(H,30,32,33)/t11-,13?,14?,17?,18?/m1/s1. The van der Waals surface area contributed by atoms with Crippen LogP contribution in [0.3, 0.4) is 0 Å². The Bertz CT molecular complexity index is 1130. The minimum atomic E-state index is -4.50. The zero-order valence-corrected chi connectivity index (χ0v) is 19.9. The topological polar surface area (TPSA) is 102 Å². The number of rotatable bonds is 5. The zero-order chi connectivity index (χ0) is 24.9. The van der Waals surface area contributed by atoms with Gasteiger partial charge < -0.3 is 21.1 Å². The Morgan fingerprint density at radius 1 is 1.17 bits per heavy atom. The minimum absolute atomic E-state index is 0.0252. The molecule has 11 heteroatoms. The summed E-state index contributed by atoms with van der Waals surface area (Å²) >= 11 is 6.17. The van der Waals surface area contributed by atoms with E-state index in [1.54, 1.807) is 6.92 Å². The van der Waals surface area contributed by atoms with Crippen LogP contribution in [-0.2, 0) is 28.5 Å². The Morgan fingerprint density at radius 3 is 2.57 bits per heavy atom. The number of halogens is 4. The fraction of sp³-hybridized carbons (Fsp3) is 0.542. The van der Waals surface area contributed by atoms with Crippen LogP contribution in [0.4, 0.5) is 24.7 Å². The normalized spacial score (nSPS) is 26.8. The van der Waals surface area contributed by atoms with Crippen LogP contribution in [0.15, 0.2) is 18.2 Å². The molecule has 7 nitrogen and oxygen atoms in total. The van der Waals surface area contributed by atoms with Crippen molar-refractivity contribution in [2.75, 3.05) is 24.3 Å². The summed E-state index contributed by atoms with van der Waals surface area (Å²) in [4.78, 5) is 22.1. The number of nitrogens with zero attached hydrogens (tertiary/aromatic N) is 2. The van der Waals surface area contributed by atoms with Crippen molar-refractivity contribution < 1.29 is 22.7 Å². The number of nitrogen functional groups attached to an aromatic ring is 1. The number of hydrogen-bond donors (Lipinski definition) is 3. The lowest BCUT2D eigenvalue weighted by atomic mass is 9.79. The number of piperidine rings is 1. The van der Waals surface area contributed by atoms with Crippen molar-refractivity contribution in [2.24, 2.45) is 11.8 Å². The van der Waals surface area contributed by atoms with Crippen molar-refractivity contribution in [3.8, 4) is 0 Å². The fourth-order valence-electron chi connectivity index (χ4n) is 5.54. The predicted octanol–water partition coefficient (Wildman–Crippen LogP) is 3.96. The molecule has 3 unspecified atom stereocenters. The van der Waals surface area contributed by atoms with Crippen LogP contribution >= 0.6 is 11.6 Å². The van der Waals surface area contributed by atoms with Gasteiger partial charge in [0.15, 0.2) is 0 Å². The van der Waals surface area contributed by atoms with Gasteiger partial charge in [0.1, 0.15) is 11.6 Å². The molecule has 2 fully saturated rings. The Kier molecular flexibility index (Phi) is 6.39. The number of aromatic nitrogens is 2. The van der Waals surface area contributed by atoms with Gasteiger partial charge in [-0.1, -0.05) is 0 Å². The summed E-state index contributed by atoms with van der Waals surface area (Å²) in [5.41, 5.74) is 6.81. The lowest BCUT2D eigenvalue weighted by Gasteiger charge is -2.40. The molecule has 1 aromatic heterocycles. The van der Waals surface area contributed by atoms with Crippen LogP contribution in [0, 0.1) is 11.8 Å². The smallest absolute Gasteiger partial charge is 0.399 e. The van der Waals surface area contributed by atoms with Crippen LogP contribution < -0.4 is 16.4 Å². The highest BCUT2D eigenvalue weighted by molar-refractivity contribution is 6.28. The van der Waals surface area contributed by atoms with Gasteiger partial charge in [0.2, 0.25) is 5.28 Å². The maximum absolute atomic E-state index is 13.4. The number of hydrogen-bond acceptors (Lipinski definition) is 7. The highest BCUT2D eigenvalue weighted by Crippen LogP contribution is 2.38. The number of ether oxygens (including phenoxy) is 1. The van der Waals surface area contributed by atoms with E-state index in [1.807, 2.05) is 0 Å². The lowest BCUT2D eigenvalue weighted by Crippen LogP contribution is -2.55. The van der Waals surface area contributed by atoms with Crippen molar-refractivity contribution in [3.63, 3.8) is 0 Å². The van der Waals surface area contributed by atoms with E-state index >= 15 is 0 Å². The van der Waals surface area contributed by atoms with E-state index in [-0.39, 0.29) is 40.7 Å². The van der Waals surface area contributed by atoms with Gasteiger partial charge in [0.25, 0.3) is 0 Å². The predicted molar refractivity (Wildman–Crippen MR) is 125 cm³/mol. The van der Waals surface area contributed by atoms with Crippen LogP contribution in [-0.4, -0.2) is 41.0 Å². The van der Waals surface area contributed by atoms with Gasteiger partial charge in [-0.2, -0.15) is 13.2 Å². The second-order valence-corrected chi connectivity index (χ2v) is 10.1. The number of nitrogens with one attached hydrogen (secondary N) is 2. The molecule has 0 radical (unpaired) electrons. The molecule has 0 saturated carbocycles. The van der Waals surface area contributed by atoms with E-state index in [9.17, 15) is 18.0 Å². The first kappa shape index (κ1) is 24.3. The molecule has 5 rings (SSSR count). The maximum atomic E-state index is 13.4. The molecule has 2 bridgehead atoms. The molecule has 35 heavy (non-hydrogen) atoms. The third-order valence-electron chi connectivity index (χ3n) is 7.17. The number of carbonyl (C=O) groups excluding carboxylic acids is 1. The van der Waals surface area contributed by atoms with Crippen molar-refractivity contribution in [1.82, 2.24) is 15.3 Å². The van der Waals surface area contributed by atoms with Gasteiger partial charge in [-0.3, -0.25) is 4.79 Å².